The van der Waals surface area contributed by atoms with Gasteiger partial charge in [0.05, 0.1) is 0 Å². The van der Waals surface area contributed by atoms with Crippen molar-refractivity contribution in [2.75, 3.05) is 0 Å². The van der Waals surface area contributed by atoms with Crippen LogP contribution in [0.25, 0.3) is 0 Å². The summed E-state index contributed by atoms with van der Waals surface area (Å²) in [5, 5.41) is 0. The molecule has 0 aromatic rings. The summed E-state index contributed by atoms with van der Waals surface area (Å²) in [4.78, 5) is 0. The Morgan fingerprint density at radius 2 is 0.931 bits per heavy atom. The van der Waals surface area contributed by atoms with Crippen LogP contribution in [0.4, 0.5) is 0 Å². The monoisotopic (exact) mass is 402 g/mol. The smallest absolute Gasteiger partial charge is 0.00886 e. The quantitative estimate of drug-likeness (QED) is 0.132. The van der Waals surface area contributed by atoms with Crippen molar-refractivity contribution in [3.05, 3.63) is 13.8 Å². The lowest BCUT2D eigenvalue weighted by atomic mass is 9.88. The van der Waals surface area contributed by atoms with Gasteiger partial charge in [0.2, 0.25) is 0 Å². The van der Waals surface area contributed by atoms with E-state index in [1.54, 1.807) is 0 Å². The van der Waals surface area contributed by atoms with Gasteiger partial charge in [-0.25, -0.2) is 0 Å². The first-order valence-corrected chi connectivity index (χ1v) is 13.2. The summed E-state index contributed by atoms with van der Waals surface area (Å²) >= 11 is 0. The van der Waals surface area contributed by atoms with Crippen LogP contribution in [0, 0.1) is 37.5 Å². The molecule has 0 aliphatic carbocycles. The van der Waals surface area contributed by atoms with E-state index in [1.807, 2.05) is 0 Å². The van der Waals surface area contributed by atoms with E-state index in [-0.39, 0.29) is 0 Å². The zero-order valence-electron chi connectivity index (χ0n) is 20.4. The molecule has 0 N–H and O–H groups in total. The van der Waals surface area contributed by atoms with Crippen molar-refractivity contribution in [2.24, 2.45) is 11.8 Å². The van der Waals surface area contributed by atoms with Gasteiger partial charge < -0.3 is 0 Å². The van der Waals surface area contributed by atoms with Crippen LogP contribution in [-0.2, 0) is 0 Å². The zero-order valence-corrected chi connectivity index (χ0v) is 20.4. The van der Waals surface area contributed by atoms with Crippen molar-refractivity contribution in [1.82, 2.24) is 0 Å². The fourth-order valence-corrected chi connectivity index (χ4v) is 4.28. The van der Waals surface area contributed by atoms with Gasteiger partial charge in [-0.1, -0.05) is 130 Å². The lowest BCUT2D eigenvalue weighted by molar-refractivity contribution is 0.344. The Kier molecular flexibility index (Phi) is 23.5. The van der Waals surface area contributed by atoms with Gasteiger partial charge in [-0.2, -0.15) is 0 Å². The van der Waals surface area contributed by atoms with E-state index in [0.717, 1.165) is 37.5 Å². The Morgan fingerprint density at radius 1 is 0.517 bits per heavy atom. The highest BCUT2D eigenvalue weighted by Crippen LogP contribution is 2.24. The molecule has 0 heterocycles. The lowest BCUT2D eigenvalue weighted by Crippen LogP contribution is -2.05. The number of rotatable bonds is 21. The molecular formula is C29H54. The number of hydrogen-bond donors (Lipinski definition) is 0. The Balaban J connectivity index is 3.32. The molecule has 0 saturated carbocycles. The van der Waals surface area contributed by atoms with Gasteiger partial charge in [0.1, 0.15) is 0 Å². The Morgan fingerprint density at radius 3 is 1.41 bits per heavy atom. The van der Waals surface area contributed by atoms with Crippen molar-refractivity contribution >= 4 is 0 Å². The highest BCUT2D eigenvalue weighted by molar-refractivity contribution is 4.98. The van der Waals surface area contributed by atoms with Gasteiger partial charge in [-0.05, 0) is 31.1 Å². The molecule has 2 radical (unpaired) electrons. The maximum atomic E-state index is 4.01. The van der Waals surface area contributed by atoms with Crippen LogP contribution in [0.15, 0.2) is 0 Å². The van der Waals surface area contributed by atoms with Crippen LogP contribution in [0.2, 0.25) is 0 Å². The van der Waals surface area contributed by atoms with E-state index in [9.17, 15) is 0 Å². The molecule has 0 amide bonds. The third-order valence-corrected chi connectivity index (χ3v) is 6.01. The third-order valence-electron chi connectivity index (χ3n) is 6.01. The molecule has 0 nitrogen and oxygen atoms in total. The zero-order chi connectivity index (χ0) is 21.4. The second-order valence-corrected chi connectivity index (χ2v) is 9.58. The summed E-state index contributed by atoms with van der Waals surface area (Å²) in [7, 11) is 0. The number of hydrogen-bond acceptors (Lipinski definition) is 0. The van der Waals surface area contributed by atoms with E-state index < -0.39 is 0 Å². The Bertz CT molecular complexity index is 356. The largest absolute Gasteiger partial charge is 0.103 e. The van der Waals surface area contributed by atoms with Gasteiger partial charge in [0.25, 0.3) is 0 Å². The minimum absolute atomic E-state index is 0.853. The predicted octanol–water partition coefficient (Wildman–Crippen LogP) is 10.1. The summed E-state index contributed by atoms with van der Waals surface area (Å²) in [6.45, 7) is 12.6. The first-order chi connectivity index (χ1) is 14.2. The molecule has 1 unspecified atom stereocenters. The predicted molar refractivity (Wildman–Crippen MR) is 134 cm³/mol. The van der Waals surface area contributed by atoms with E-state index in [4.69, 9.17) is 0 Å². The standard InChI is InChI=1S/C29H54/c1-5-7-9-10-11-12-13-14-15-16-17-18-19-20-21-22-23-24-26-29(25-8-6-2)27-28(3)4/h28-29H,1-2,5-10,13-27H2,3-4H3. The van der Waals surface area contributed by atoms with Gasteiger partial charge in [-0.3, -0.25) is 0 Å². The Labute approximate surface area is 186 Å². The summed E-state index contributed by atoms with van der Waals surface area (Å²) in [5.41, 5.74) is 0. The minimum atomic E-state index is 0.853. The summed E-state index contributed by atoms with van der Waals surface area (Å²) in [5.74, 6) is 8.45. The van der Waals surface area contributed by atoms with Crippen LogP contribution < -0.4 is 0 Å². The van der Waals surface area contributed by atoms with Crippen LogP contribution >= 0.6 is 0 Å². The molecule has 0 spiro atoms. The number of unbranched alkanes of at least 4 members (excludes halogenated alkanes) is 15. The van der Waals surface area contributed by atoms with Gasteiger partial charge >= 0.3 is 0 Å². The molecule has 1 atom stereocenters. The van der Waals surface area contributed by atoms with Crippen molar-refractivity contribution in [3.8, 4) is 11.8 Å². The second kappa shape index (κ2) is 23.8. The molecule has 0 fully saturated rings. The fourth-order valence-electron chi connectivity index (χ4n) is 4.28. The van der Waals surface area contributed by atoms with Crippen molar-refractivity contribution in [3.63, 3.8) is 0 Å². The average Bonchev–Trinajstić information content (AvgIpc) is 2.70. The van der Waals surface area contributed by atoms with Gasteiger partial charge in [0.15, 0.2) is 0 Å². The molecule has 0 aliphatic heterocycles. The van der Waals surface area contributed by atoms with Crippen molar-refractivity contribution in [2.45, 2.75) is 149 Å². The van der Waals surface area contributed by atoms with E-state index in [1.165, 1.54) is 109 Å². The van der Waals surface area contributed by atoms with Gasteiger partial charge in [0, 0.05) is 12.8 Å². The van der Waals surface area contributed by atoms with Crippen LogP contribution in [0.1, 0.15) is 149 Å². The molecule has 0 heteroatoms. The normalized spacial score (nSPS) is 12.2. The molecule has 0 bridgehead atoms. The molecule has 170 valence electrons. The topological polar surface area (TPSA) is 0 Å². The maximum Gasteiger partial charge on any atom is 0.00886 e. The van der Waals surface area contributed by atoms with Gasteiger partial charge in [-0.15, -0.1) is 11.8 Å². The summed E-state index contributed by atoms with van der Waals surface area (Å²) < 4.78 is 0. The molecule has 0 rings (SSSR count). The fraction of sp³-hybridized carbons (Fsp3) is 0.862. The Hall–Kier alpha value is -0.440. The lowest BCUT2D eigenvalue weighted by Gasteiger charge is -2.18. The summed E-state index contributed by atoms with van der Waals surface area (Å²) in [6, 6.07) is 0. The molecular weight excluding hydrogens is 348 g/mol. The van der Waals surface area contributed by atoms with Crippen LogP contribution in [0.5, 0.6) is 0 Å². The first-order valence-electron chi connectivity index (χ1n) is 13.2. The third kappa shape index (κ3) is 23.7. The van der Waals surface area contributed by atoms with E-state index in [2.05, 4.69) is 39.5 Å². The maximum absolute atomic E-state index is 4.01. The molecule has 29 heavy (non-hydrogen) atoms. The van der Waals surface area contributed by atoms with Crippen LogP contribution in [-0.4, -0.2) is 0 Å². The highest BCUT2D eigenvalue weighted by atomic mass is 14.2. The SMILES string of the molecule is [CH2]CCCCC#CCCCCCCCCCCCCCC(CCC[CH2])CC(C)C. The molecule has 0 aromatic carbocycles. The van der Waals surface area contributed by atoms with E-state index >= 15 is 0 Å². The molecule has 0 aliphatic rings. The highest BCUT2D eigenvalue weighted by Gasteiger charge is 2.10. The molecule has 0 saturated heterocycles. The minimum Gasteiger partial charge on any atom is -0.103 e. The van der Waals surface area contributed by atoms with Crippen molar-refractivity contribution < 1.29 is 0 Å². The van der Waals surface area contributed by atoms with E-state index in [0.29, 0.717) is 0 Å². The van der Waals surface area contributed by atoms with Crippen molar-refractivity contribution in [1.29, 1.82) is 0 Å². The van der Waals surface area contributed by atoms with Crippen LogP contribution in [0.3, 0.4) is 0 Å². The molecule has 0 aromatic heterocycles. The second-order valence-electron chi connectivity index (χ2n) is 9.58. The average molecular weight is 403 g/mol. The summed E-state index contributed by atoms with van der Waals surface area (Å²) in [6.07, 6.45) is 28.1. The first kappa shape index (κ1) is 28.6.